The normalized spacial score (nSPS) is 10.6. The third kappa shape index (κ3) is 4.07. The van der Waals surface area contributed by atoms with E-state index in [0.29, 0.717) is 28.0 Å². The lowest BCUT2D eigenvalue weighted by Crippen LogP contribution is -2.13. The van der Waals surface area contributed by atoms with Crippen molar-refractivity contribution in [2.45, 2.75) is 33.3 Å². The lowest BCUT2D eigenvalue weighted by molar-refractivity contribution is 0.0373. The summed E-state index contributed by atoms with van der Waals surface area (Å²) < 4.78 is 10.6. The highest BCUT2D eigenvalue weighted by molar-refractivity contribution is 6.42. The lowest BCUT2D eigenvalue weighted by Gasteiger charge is -2.13. The SMILES string of the molecule is CCCOc1cc(Cl)c(Cl)cc1C(=O)OC(C)C. The molecule has 0 radical (unpaired) electrons. The monoisotopic (exact) mass is 290 g/mol. The van der Waals surface area contributed by atoms with Crippen LogP contribution in [0.5, 0.6) is 5.75 Å². The Hall–Kier alpha value is -0.930. The van der Waals surface area contributed by atoms with Gasteiger partial charge in [-0.2, -0.15) is 0 Å². The molecule has 0 fully saturated rings. The van der Waals surface area contributed by atoms with Gasteiger partial charge in [-0.05, 0) is 26.3 Å². The van der Waals surface area contributed by atoms with E-state index in [-0.39, 0.29) is 6.10 Å². The molecule has 0 saturated heterocycles. The third-order valence-corrected chi connectivity index (χ3v) is 2.77. The van der Waals surface area contributed by atoms with E-state index in [9.17, 15) is 4.79 Å². The molecular weight excluding hydrogens is 275 g/mol. The van der Waals surface area contributed by atoms with Crippen LogP contribution in [0.15, 0.2) is 12.1 Å². The van der Waals surface area contributed by atoms with Gasteiger partial charge in [-0.25, -0.2) is 4.79 Å². The van der Waals surface area contributed by atoms with Crippen LogP contribution in [0.3, 0.4) is 0 Å². The maximum absolute atomic E-state index is 11.9. The van der Waals surface area contributed by atoms with E-state index in [0.717, 1.165) is 6.42 Å². The Morgan fingerprint density at radius 2 is 1.89 bits per heavy atom. The second-order valence-corrected chi connectivity index (χ2v) is 4.88. The van der Waals surface area contributed by atoms with Crippen molar-refractivity contribution in [2.75, 3.05) is 6.61 Å². The van der Waals surface area contributed by atoms with E-state index in [2.05, 4.69) is 0 Å². The summed E-state index contributed by atoms with van der Waals surface area (Å²) >= 11 is 11.8. The first kappa shape index (κ1) is 15.1. The first-order chi connectivity index (χ1) is 8.45. The van der Waals surface area contributed by atoms with Gasteiger partial charge in [-0.3, -0.25) is 0 Å². The van der Waals surface area contributed by atoms with Crippen molar-refractivity contribution in [1.82, 2.24) is 0 Å². The zero-order chi connectivity index (χ0) is 13.7. The smallest absolute Gasteiger partial charge is 0.342 e. The average Bonchev–Trinajstić information content (AvgIpc) is 2.29. The molecule has 0 aliphatic heterocycles. The number of benzene rings is 1. The summed E-state index contributed by atoms with van der Waals surface area (Å²) in [6, 6.07) is 3.01. The summed E-state index contributed by atoms with van der Waals surface area (Å²) in [4.78, 5) is 11.9. The molecule has 18 heavy (non-hydrogen) atoms. The van der Waals surface area contributed by atoms with Crippen molar-refractivity contribution in [3.63, 3.8) is 0 Å². The van der Waals surface area contributed by atoms with E-state index in [4.69, 9.17) is 32.7 Å². The molecule has 100 valence electrons. The Kier molecular flexibility index (Phi) is 5.76. The third-order valence-electron chi connectivity index (χ3n) is 2.05. The standard InChI is InChI=1S/C13H16Cl2O3/c1-4-5-17-12-7-11(15)10(14)6-9(12)13(16)18-8(2)3/h6-8H,4-5H2,1-3H3. The van der Waals surface area contributed by atoms with Gasteiger partial charge in [0, 0.05) is 6.07 Å². The number of hydrogen-bond acceptors (Lipinski definition) is 3. The number of carbonyl (C=O) groups is 1. The summed E-state index contributed by atoms with van der Waals surface area (Å²) in [5.41, 5.74) is 0.298. The van der Waals surface area contributed by atoms with E-state index in [1.54, 1.807) is 13.8 Å². The van der Waals surface area contributed by atoms with Gasteiger partial charge in [-0.1, -0.05) is 30.1 Å². The van der Waals surface area contributed by atoms with E-state index in [1.807, 2.05) is 6.92 Å². The molecule has 3 nitrogen and oxygen atoms in total. The molecule has 0 spiro atoms. The van der Waals surface area contributed by atoms with Crippen LogP contribution in [0, 0.1) is 0 Å². The van der Waals surface area contributed by atoms with Crippen molar-refractivity contribution < 1.29 is 14.3 Å². The molecule has 0 aromatic heterocycles. The summed E-state index contributed by atoms with van der Waals surface area (Å²) in [7, 11) is 0. The maximum Gasteiger partial charge on any atom is 0.342 e. The van der Waals surface area contributed by atoms with Gasteiger partial charge < -0.3 is 9.47 Å². The Balaban J connectivity index is 3.06. The largest absolute Gasteiger partial charge is 0.493 e. The predicted molar refractivity (Wildman–Crippen MR) is 72.8 cm³/mol. The topological polar surface area (TPSA) is 35.5 Å². The van der Waals surface area contributed by atoms with E-state index >= 15 is 0 Å². The fourth-order valence-electron chi connectivity index (χ4n) is 1.30. The highest BCUT2D eigenvalue weighted by atomic mass is 35.5. The molecule has 0 unspecified atom stereocenters. The Morgan fingerprint density at radius 3 is 2.44 bits per heavy atom. The molecule has 1 rings (SSSR count). The van der Waals surface area contributed by atoms with Gasteiger partial charge in [0.15, 0.2) is 0 Å². The lowest BCUT2D eigenvalue weighted by atomic mass is 10.2. The zero-order valence-electron chi connectivity index (χ0n) is 10.6. The van der Waals surface area contributed by atoms with Crippen LogP contribution in [0.2, 0.25) is 10.0 Å². The second kappa shape index (κ2) is 6.86. The Bertz CT molecular complexity index is 430. The van der Waals surface area contributed by atoms with Gasteiger partial charge >= 0.3 is 5.97 Å². The van der Waals surface area contributed by atoms with Crippen molar-refractivity contribution >= 4 is 29.2 Å². The van der Waals surface area contributed by atoms with E-state index in [1.165, 1.54) is 12.1 Å². The molecule has 0 bridgehead atoms. The van der Waals surface area contributed by atoms with Crippen molar-refractivity contribution in [3.8, 4) is 5.75 Å². The molecule has 0 amide bonds. The molecule has 0 aliphatic rings. The number of ether oxygens (including phenoxy) is 2. The predicted octanol–water partition coefficient (Wildman–Crippen LogP) is 4.35. The second-order valence-electron chi connectivity index (χ2n) is 4.07. The van der Waals surface area contributed by atoms with Crippen molar-refractivity contribution in [1.29, 1.82) is 0 Å². The number of hydrogen-bond donors (Lipinski definition) is 0. The Labute approximate surface area is 117 Å². The van der Waals surface area contributed by atoms with Gasteiger partial charge in [-0.15, -0.1) is 0 Å². The van der Waals surface area contributed by atoms with Gasteiger partial charge in [0.2, 0.25) is 0 Å². The number of esters is 1. The van der Waals surface area contributed by atoms with Gasteiger partial charge in [0.1, 0.15) is 11.3 Å². The minimum atomic E-state index is -0.463. The number of halogens is 2. The van der Waals surface area contributed by atoms with Crippen LogP contribution >= 0.6 is 23.2 Å². The van der Waals surface area contributed by atoms with Crippen LogP contribution in [-0.2, 0) is 4.74 Å². The molecule has 0 atom stereocenters. The molecule has 1 aromatic carbocycles. The fourth-order valence-corrected chi connectivity index (χ4v) is 1.61. The number of carbonyl (C=O) groups excluding carboxylic acids is 1. The molecule has 0 aliphatic carbocycles. The molecule has 0 saturated carbocycles. The molecule has 0 N–H and O–H groups in total. The van der Waals surface area contributed by atoms with E-state index < -0.39 is 5.97 Å². The molecule has 1 aromatic rings. The van der Waals surface area contributed by atoms with Crippen LogP contribution < -0.4 is 4.74 Å². The summed E-state index contributed by atoms with van der Waals surface area (Å²) in [5.74, 6) is -0.0634. The molecule has 0 heterocycles. The fraction of sp³-hybridized carbons (Fsp3) is 0.462. The van der Waals surface area contributed by atoms with Crippen LogP contribution in [-0.4, -0.2) is 18.7 Å². The van der Waals surface area contributed by atoms with Crippen LogP contribution in [0.25, 0.3) is 0 Å². The highest BCUT2D eigenvalue weighted by Gasteiger charge is 2.18. The van der Waals surface area contributed by atoms with Crippen molar-refractivity contribution in [3.05, 3.63) is 27.7 Å². The summed E-state index contributed by atoms with van der Waals surface area (Å²) in [6.07, 6.45) is 0.629. The maximum atomic E-state index is 11.9. The first-order valence-electron chi connectivity index (χ1n) is 5.78. The van der Waals surface area contributed by atoms with Crippen LogP contribution in [0.4, 0.5) is 0 Å². The van der Waals surface area contributed by atoms with Crippen LogP contribution in [0.1, 0.15) is 37.6 Å². The summed E-state index contributed by atoms with van der Waals surface area (Å²) in [6.45, 7) is 6.04. The molecular formula is C13H16Cl2O3. The first-order valence-corrected chi connectivity index (χ1v) is 6.54. The highest BCUT2D eigenvalue weighted by Crippen LogP contribution is 2.31. The van der Waals surface area contributed by atoms with Gasteiger partial charge in [0.05, 0.1) is 22.8 Å². The van der Waals surface area contributed by atoms with Gasteiger partial charge in [0.25, 0.3) is 0 Å². The Morgan fingerprint density at radius 1 is 1.28 bits per heavy atom. The van der Waals surface area contributed by atoms with Crippen molar-refractivity contribution in [2.24, 2.45) is 0 Å². The minimum absolute atomic E-state index is 0.203. The average molecular weight is 291 g/mol. The summed E-state index contributed by atoms with van der Waals surface area (Å²) in [5, 5.41) is 0.653. The minimum Gasteiger partial charge on any atom is -0.493 e. The number of rotatable bonds is 5. The molecule has 5 heteroatoms. The zero-order valence-corrected chi connectivity index (χ0v) is 12.1. The quantitative estimate of drug-likeness (QED) is 0.757.